The number of aromatic nitrogens is 1. The first-order valence-corrected chi connectivity index (χ1v) is 4.89. The van der Waals surface area contributed by atoms with E-state index in [1.807, 2.05) is 12.1 Å². The van der Waals surface area contributed by atoms with Crippen LogP contribution in [0.1, 0.15) is 20.3 Å². The molecule has 0 aliphatic carbocycles. The molecule has 0 radical (unpaired) electrons. The van der Waals surface area contributed by atoms with Gasteiger partial charge in [0.05, 0.1) is 12.3 Å². The van der Waals surface area contributed by atoms with Gasteiger partial charge in [0.15, 0.2) is 0 Å². The molecular formula is C11H17NO2. The summed E-state index contributed by atoms with van der Waals surface area (Å²) in [6.07, 6.45) is 3.70. The number of hydrogen-bond acceptors (Lipinski definition) is 3. The molecule has 0 saturated carbocycles. The lowest BCUT2D eigenvalue weighted by atomic mass is 10.1. The molecule has 1 unspecified atom stereocenters. The Labute approximate surface area is 84.7 Å². The smallest absolute Gasteiger partial charge is 0.137 e. The van der Waals surface area contributed by atoms with Gasteiger partial charge in [-0.25, -0.2) is 0 Å². The average Bonchev–Trinajstić information content (AvgIpc) is 2.15. The zero-order valence-corrected chi connectivity index (χ0v) is 8.68. The molecule has 3 heteroatoms. The second-order valence-corrected chi connectivity index (χ2v) is 3.78. The highest BCUT2D eigenvalue weighted by atomic mass is 16.5. The Bertz CT molecular complexity index is 249. The van der Waals surface area contributed by atoms with Gasteiger partial charge in [-0.1, -0.05) is 13.8 Å². The fourth-order valence-electron chi connectivity index (χ4n) is 1.24. The molecule has 1 aromatic rings. The number of ether oxygens (including phenoxy) is 1. The van der Waals surface area contributed by atoms with Crippen molar-refractivity contribution in [1.29, 1.82) is 0 Å². The van der Waals surface area contributed by atoms with E-state index >= 15 is 0 Å². The molecule has 0 aromatic carbocycles. The zero-order valence-electron chi connectivity index (χ0n) is 8.68. The molecule has 0 saturated heterocycles. The van der Waals surface area contributed by atoms with Gasteiger partial charge in [-0.15, -0.1) is 0 Å². The van der Waals surface area contributed by atoms with E-state index < -0.39 is 6.10 Å². The van der Waals surface area contributed by atoms with Crippen LogP contribution in [0.4, 0.5) is 0 Å². The minimum atomic E-state index is -0.393. The van der Waals surface area contributed by atoms with Crippen molar-refractivity contribution in [2.24, 2.45) is 5.92 Å². The monoisotopic (exact) mass is 195 g/mol. The summed E-state index contributed by atoms with van der Waals surface area (Å²) < 4.78 is 5.36. The van der Waals surface area contributed by atoms with Crippen LogP contribution >= 0.6 is 0 Å². The van der Waals surface area contributed by atoms with Crippen LogP contribution in [0.5, 0.6) is 5.75 Å². The van der Waals surface area contributed by atoms with Crippen LogP contribution in [0.25, 0.3) is 0 Å². The van der Waals surface area contributed by atoms with Gasteiger partial charge in [0.1, 0.15) is 12.4 Å². The Balaban J connectivity index is 2.27. The Hall–Kier alpha value is -1.09. The molecule has 1 atom stereocenters. The van der Waals surface area contributed by atoms with Crippen molar-refractivity contribution in [2.45, 2.75) is 26.4 Å². The zero-order chi connectivity index (χ0) is 10.4. The van der Waals surface area contributed by atoms with Crippen LogP contribution in [0.15, 0.2) is 24.5 Å². The lowest BCUT2D eigenvalue weighted by molar-refractivity contribution is 0.0891. The van der Waals surface area contributed by atoms with Gasteiger partial charge in [0.2, 0.25) is 0 Å². The van der Waals surface area contributed by atoms with Gasteiger partial charge in [-0.3, -0.25) is 4.98 Å². The molecule has 0 aliphatic rings. The molecule has 1 N–H and O–H groups in total. The topological polar surface area (TPSA) is 42.4 Å². The SMILES string of the molecule is CC(C)CC(O)COc1cccnc1. The van der Waals surface area contributed by atoms with E-state index in [4.69, 9.17) is 4.74 Å². The van der Waals surface area contributed by atoms with Crippen molar-refractivity contribution in [1.82, 2.24) is 4.98 Å². The van der Waals surface area contributed by atoms with E-state index in [-0.39, 0.29) is 0 Å². The van der Waals surface area contributed by atoms with Gasteiger partial charge in [-0.2, -0.15) is 0 Å². The summed E-state index contributed by atoms with van der Waals surface area (Å²) in [5, 5.41) is 9.54. The van der Waals surface area contributed by atoms with E-state index in [9.17, 15) is 5.11 Å². The molecule has 14 heavy (non-hydrogen) atoms. The van der Waals surface area contributed by atoms with E-state index in [0.29, 0.717) is 18.3 Å². The Morgan fingerprint density at radius 2 is 2.29 bits per heavy atom. The van der Waals surface area contributed by atoms with Crippen molar-refractivity contribution < 1.29 is 9.84 Å². The van der Waals surface area contributed by atoms with Crippen LogP contribution in [0.3, 0.4) is 0 Å². The third kappa shape index (κ3) is 4.23. The fraction of sp³-hybridized carbons (Fsp3) is 0.545. The van der Waals surface area contributed by atoms with Crippen LogP contribution in [0.2, 0.25) is 0 Å². The largest absolute Gasteiger partial charge is 0.489 e. The van der Waals surface area contributed by atoms with Gasteiger partial charge >= 0.3 is 0 Å². The van der Waals surface area contributed by atoms with Crippen LogP contribution in [-0.2, 0) is 0 Å². The van der Waals surface area contributed by atoms with Crippen molar-refractivity contribution in [2.75, 3.05) is 6.61 Å². The third-order valence-electron chi connectivity index (χ3n) is 1.82. The molecule has 3 nitrogen and oxygen atoms in total. The second kappa shape index (κ2) is 5.60. The lowest BCUT2D eigenvalue weighted by Gasteiger charge is -2.13. The maximum Gasteiger partial charge on any atom is 0.137 e. The molecule has 0 aliphatic heterocycles. The Morgan fingerprint density at radius 1 is 1.50 bits per heavy atom. The van der Waals surface area contributed by atoms with Gasteiger partial charge in [-0.05, 0) is 24.5 Å². The number of pyridine rings is 1. The highest BCUT2D eigenvalue weighted by Gasteiger charge is 2.07. The summed E-state index contributed by atoms with van der Waals surface area (Å²) in [5.74, 6) is 1.19. The van der Waals surface area contributed by atoms with Gasteiger partial charge in [0.25, 0.3) is 0 Å². The molecule has 0 spiro atoms. The second-order valence-electron chi connectivity index (χ2n) is 3.78. The lowest BCUT2D eigenvalue weighted by Crippen LogP contribution is -2.19. The summed E-state index contributed by atoms with van der Waals surface area (Å²) in [4.78, 5) is 3.92. The Morgan fingerprint density at radius 3 is 2.86 bits per heavy atom. The number of nitrogens with zero attached hydrogens (tertiary/aromatic N) is 1. The number of aliphatic hydroxyl groups excluding tert-OH is 1. The number of rotatable bonds is 5. The summed E-state index contributed by atoms with van der Waals surface area (Å²) >= 11 is 0. The predicted molar refractivity (Wildman–Crippen MR) is 55.2 cm³/mol. The molecule has 0 fully saturated rings. The molecular weight excluding hydrogens is 178 g/mol. The van der Waals surface area contributed by atoms with Crippen LogP contribution in [0, 0.1) is 5.92 Å². The van der Waals surface area contributed by atoms with Crippen molar-refractivity contribution in [3.8, 4) is 5.75 Å². The minimum Gasteiger partial charge on any atom is -0.489 e. The molecule has 0 amide bonds. The third-order valence-corrected chi connectivity index (χ3v) is 1.82. The maximum absolute atomic E-state index is 9.54. The van der Waals surface area contributed by atoms with E-state index in [2.05, 4.69) is 18.8 Å². The van der Waals surface area contributed by atoms with Crippen LogP contribution in [-0.4, -0.2) is 22.8 Å². The van der Waals surface area contributed by atoms with E-state index in [1.54, 1.807) is 12.4 Å². The average molecular weight is 195 g/mol. The highest BCUT2D eigenvalue weighted by Crippen LogP contribution is 2.09. The highest BCUT2D eigenvalue weighted by molar-refractivity contribution is 5.15. The first-order chi connectivity index (χ1) is 6.68. The molecule has 1 rings (SSSR count). The summed E-state index contributed by atoms with van der Waals surface area (Å²) in [5.41, 5.74) is 0. The Kier molecular flexibility index (Phi) is 4.40. The van der Waals surface area contributed by atoms with Crippen molar-refractivity contribution in [3.63, 3.8) is 0 Å². The standard InChI is InChI=1S/C11H17NO2/c1-9(2)6-10(13)8-14-11-4-3-5-12-7-11/h3-5,7,9-10,13H,6,8H2,1-2H3. The molecule has 1 aromatic heterocycles. The summed E-state index contributed by atoms with van der Waals surface area (Å²) in [6, 6.07) is 3.64. The summed E-state index contributed by atoms with van der Waals surface area (Å²) in [7, 11) is 0. The predicted octanol–water partition coefficient (Wildman–Crippen LogP) is 1.87. The fourth-order valence-corrected chi connectivity index (χ4v) is 1.24. The maximum atomic E-state index is 9.54. The van der Waals surface area contributed by atoms with Gasteiger partial charge < -0.3 is 9.84 Å². The molecule has 1 heterocycles. The molecule has 78 valence electrons. The normalized spacial score (nSPS) is 12.9. The number of hydrogen-bond donors (Lipinski definition) is 1. The summed E-state index contributed by atoms with van der Waals surface area (Å²) in [6.45, 7) is 4.49. The number of aliphatic hydroxyl groups is 1. The first-order valence-electron chi connectivity index (χ1n) is 4.89. The van der Waals surface area contributed by atoms with Crippen molar-refractivity contribution in [3.05, 3.63) is 24.5 Å². The van der Waals surface area contributed by atoms with E-state index in [1.165, 1.54) is 0 Å². The minimum absolute atomic E-state index is 0.337. The van der Waals surface area contributed by atoms with Gasteiger partial charge in [0, 0.05) is 6.20 Å². The first kappa shape index (κ1) is 11.0. The molecule has 0 bridgehead atoms. The quantitative estimate of drug-likeness (QED) is 0.779. The van der Waals surface area contributed by atoms with E-state index in [0.717, 1.165) is 6.42 Å². The van der Waals surface area contributed by atoms with Crippen molar-refractivity contribution >= 4 is 0 Å². The van der Waals surface area contributed by atoms with Crippen LogP contribution < -0.4 is 4.74 Å².